The van der Waals surface area contributed by atoms with Crippen LogP contribution in [0.25, 0.3) is 11.0 Å². The molecule has 1 aliphatic rings. The number of ether oxygens (including phenoxy) is 2. The third-order valence-electron chi connectivity index (χ3n) is 4.98. The van der Waals surface area contributed by atoms with Gasteiger partial charge in [-0.25, -0.2) is 4.98 Å². The fourth-order valence-electron chi connectivity index (χ4n) is 3.55. The van der Waals surface area contributed by atoms with Gasteiger partial charge >= 0.3 is 0 Å². The lowest BCUT2D eigenvalue weighted by molar-refractivity contribution is -0.121. The number of benzene rings is 2. The van der Waals surface area contributed by atoms with Gasteiger partial charge in [0.05, 0.1) is 29.3 Å². The van der Waals surface area contributed by atoms with Crippen LogP contribution in [0, 0.1) is 6.92 Å². The molecule has 1 aliphatic heterocycles. The number of hydrogen-bond donors (Lipinski definition) is 1. The first kappa shape index (κ1) is 19.6. The van der Waals surface area contributed by atoms with E-state index in [0.29, 0.717) is 42.7 Å². The van der Waals surface area contributed by atoms with Crippen LogP contribution < -0.4 is 14.8 Å². The number of hydrogen-bond acceptors (Lipinski definition) is 4. The number of para-hydroxylation sites is 2. The molecule has 0 atom stereocenters. The molecule has 0 fully saturated rings. The molecular weight excluding hydrogens is 390 g/mol. The van der Waals surface area contributed by atoms with Gasteiger partial charge in [-0.15, -0.1) is 0 Å². The molecule has 0 saturated carbocycles. The number of carbonyl (C=O) groups is 1. The molecule has 29 heavy (non-hydrogen) atoms. The van der Waals surface area contributed by atoms with Crippen LogP contribution in [0.4, 0.5) is 0 Å². The van der Waals surface area contributed by atoms with Crippen molar-refractivity contribution >= 4 is 28.5 Å². The van der Waals surface area contributed by atoms with E-state index in [9.17, 15) is 4.79 Å². The Labute approximate surface area is 174 Å². The molecule has 7 heteroatoms. The SMILES string of the molecule is Cc1nc2ccccc2n1CCCC(=O)NCc1cc(Cl)c2c(c1)OCCCO2. The molecule has 0 spiro atoms. The Morgan fingerprint density at radius 1 is 1.24 bits per heavy atom. The number of aryl methyl sites for hydroxylation is 2. The van der Waals surface area contributed by atoms with Crippen molar-refractivity contribution in [2.75, 3.05) is 13.2 Å². The normalized spacial score (nSPS) is 13.3. The molecule has 0 bridgehead atoms. The van der Waals surface area contributed by atoms with Crippen LogP contribution in [0.3, 0.4) is 0 Å². The van der Waals surface area contributed by atoms with Crippen molar-refractivity contribution in [3.8, 4) is 11.5 Å². The summed E-state index contributed by atoms with van der Waals surface area (Å²) < 4.78 is 13.5. The second-order valence-corrected chi connectivity index (χ2v) is 7.54. The fraction of sp³-hybridized carbons (Fsp3) is 0.364. The Morgan fingerprint density at radius 3 is 2.97 bits per heavy atom. The predicted molar refractivity (Wildman–Crippen MR) is 113 cm³/mol. The van der Waals surface area contributed by atoms with Gasteiger partial charge in [0, 0.05) is 25.9 Å². The molecule has 0 aliphatic carbocycles. The first-order chi connectivity index (χ1) is 14.1. The average molecular weight is 414 g/mol. The van der Waals surface area contributed by atoms with E-state index < -0.39 is 0 Å². The van der Waals surface area contributed by atoms with Crippen LogP contribution >= 0.6 is 11.6 Å². The average Bonchev–Trinajstić information content (AvgIpc) is 2.87. The largest absolute Gasteiger partial charge is 0.489 e. The van der Waals surface area contributed by atoms with E-state index in [1.54, 1.807) is 0 Å². The summed E-state index contributed by atoms with van der Waals surface area (Å²) in [5.41, 5.74) is 2.98. The Kier molecular flexibility index (Phi) is 5.90. The van der Waals surface area contributed by atoms with E-state index in [1.807, 2.05) is 37.3 Å². The molecule has 152 valence electrons. The molecule has 6 nitrogen and oxygen atoms in total. The topological polar surface area (TPSA) is 65.4 Å². The maximum absolute atomic E-state index is 12.3. The minimum atomic E-state index is 0.00954. The highest BCUT2D eigenvalue weighted by Crippen LogP contribution is 2.37. The smallest absolute Gasteiger partial charge is 0.220 e. The zero-order valence-electron chi connectivity index (χ0n) is 16.4. The molecule has 1 amide bonds. The van der Waals surface area contributed by atoms with Crippen LogP contribution in [0.15, 0.2) is 36.4 Å². The lowest BCUT2D eigenvalue weighted by atomic mass is 10.2. The quantitative estimate of drug-likeness (QED) is 0.655. The molecule has 2 heterocycles. The van der Waals surface area contributed by atoms with Gasteiger partial charge in [-0.1, -0.05) is 23.7 Å². The predicted octanol–water partition coefficient (Wildman–Crippen LogP) is 4.26. The van der Waals surface area contributed by atoms with Crippen LogP contribution in [0.1, 0.15) is 30.7 Å². The number of amides is 1. The number of fused-ring (bicyclic) bond motifs is 2. The molecule has 1 N–H and O–H groups in total. The Bertz CT molecular complexity index is 1030. The fourth-order valence-corrected chi connectivity index (χ4v) is 3.84. The summed E-state index contributed by atoms with van der Waals surface area (Å²) in [5.74, 6) is 2.20. The van der Waals surface area contributed by atoms with Gasteiger partial charge < -0.3 is 19.4 Å². The summed E-state index contributed by atoms with van der Waals surface area (Å²) in [6, 6.07) is 11.8. The summed E-state index contributed by atoms with van der Waals surface area (Å²) in [7, 11) is 0. The van der Waals surface area contributed by atoms with Crippen molar-refractivity contribution in [1.29, 1.82) is 0 Å². The molecule has 0 saturated heterocycles. The van der Waals surface area contributed by atoms with E-state index >= 15 is 0 Å². The maximum Gasteiger partial charge on any atom is 0.220 e. The maximum atomic E-state index is 12.3. The van der Waals surface area contributed by atoms with Crippen molar-refractivity contribution in [1.82, 2.24) is 14.9 Å². The van der Waals surface area contributed by atoms with Crippen LogP contribution in [-0.2, 0) is 17.9 Å². The minimum absolute atomic E-state index is 0.00954. The highest BCUT2D eigenvalue weighted by molar-refractivity contribution is 6.32. The number of rotatable bonds is 6. The van der Waals surface area contributed by atoms with Gasteiger partial charge in [0.2, 0.25) is 5.91 Å². The van der Waals surface area contributed by atoms with Gasteiger partial charge in [0.15, 0.2) is 11.5 Å². The van der Waals surface area contributed by atoms with Gasteiger partial charge in [-0.2, -0.15) is 0 Å². The standard InChI is InChI=1S/C22H24ClN3O3/c1-15-25-18-6-2-3-7-19(18)26(15)9-4-8-21(27)24-14-16-12-17(23)22-20(13-16)28-10-5-11-29-22/h2-3,6-7,12-13H,4-5,8-11,14H2,1H3,(H,24,27). The third-order valence-corrected chi connectivity index (χ3v) is 5.26. The lowest BCUT2D eigenvalue weighted by Gasteiger charge is -2.12. The summed E-state index contributed by atoms with van der Waals surface area (Å²) in [5, 5.41) is 3.47. The molecular formula is C22H24ClN3O3. The molecule has 0 radical (unpaired) electrons. The number of carbonyl (C=O) groups excluding carboxylic acids is 1. The van der Waals surface area contributed by atoms with Crippen LogP contribution in [-0.4, -0.2) is 28.7 Å². The van der Waals surface area contributed by atoms with Crippen LogP contribution in [0.5, 0.6) is 11.5 Å². The molecule has 4 rings (SSSR count). The Morgan fingerprint density at radius 2 is 2.07 bits per heavy atom. The highest BCUT2D eigenvalue weighted by atomic mass is 35.5. The van der Waals surface area contributed by atoms with Crippen molar-refractivity contribution in [2.24, 2.45) is 0 Å². The zero-order valence-corrected chi connectivity index (χ0v) is 17.2. The number of aromatic nitrogens is 2. The van der Waals surface area contributed by atoms with E-state index in [4.69, 9.17) is 21.1 Å². The summed E-state index contributed by atoms with van der Waals surface area (Å²) in [6.07, 6.45) is 2.02. The lowest BCUT2D eigenvalue weighted by Crippen LogP contribution is -2.23. The summed E-state index contributed by atoms with van der Waals surface area (Å²) in [6.45, 7) is 4.35. The van der Waals surface area contributed by atoms with Gasteiger partial charge in [0.25, 0.3) is 0 Å². The number of halogens is 1. The molecule has 3 aromatic rings. The van der Waals surface area contributed by atoms with E-state index in [2.05, 4.69) is 20.9 Å². The Balaban J connectivity index is 1.31. The first-order valence-electron chi connectivity index (χ1n) is 9.88. The minimum Gasteiger partial charge on any atom is -0.489 e. The van der Waals surface area contributed by atoms with Crippen molar-refractivity contribution in [3.63, 3.8) is 0 Å². The molecule has 0 unspecified atom stereocenters. The number of nitrogens with zero attached hydrogens (tertiary/aromatic N) is 2. The van der Waals surface area contributed by atoms with Gasteiger partial charge in [-0.05, 0) is 43.2 Å². The molecule has 2 aromatic carbocycles. The molecule has 1 aromatic heterocycles. The highest BCUT2D eigenvalue weighted by Gasteiger charge is 2.16. The van der Waals surface area contributed by atoms with Crippen molar-refractivity contribution in [2.45, 2.75) is 39.3 Å². The van der Waals surface area contributed by atoms with E-state index in [0.717, 1.165) is 41.8 Å². The van der Waals surface area contributed by atoms with Crippen molar-refractivity contribution < 1.29 is 14.3 Å². The third kappa shape index (κ3) is 4.48. The van der Waals surface area contributed by atoms with E-state index in [-0.39, 0.29) is 5.91 Å². The van der Waals surface area contributed by atoms with Gasteiger partial charge in [0.1, 0.15) is 5.82 Å². The second-order valence-electron chi connectivity index (χ2n) is 7.14. The second kappa shape index (κ2) is 8.74. The summed E-state index contributed by atoms with van der Waals surface area (Å²) in [4.78, 5) is 16.9. The Hall–Kier alpha value is -2.73. The van der Waals surface area contributed by atoms with E-state index in [1.165, 1.54) is 0 Å². The van der Waals surface area contributed by atoms with Gasteiger partial charge in [-0.3, -0.25) is 4.79 Å². The monoisotopic (exact) mass is 413 g/mol. The zero-order chi connectivity index (χ0) is 20.2. The summed E-state index contributed by atoms with van der Waals surface area (Å²) >= 11 is 6.31. The van der Waals surface area contributed by atoms with Crippen LogP contribution in [0.2, 0.25) is 5.02 Å². The number of nitrogens with one attached hydrogen (secondary N) is 1. The number of imidazole rings is 1. The first-order valence-corrected chi connectivity index (χ1v) is 10.3. The van der Waals surface area contributed by atoms with Crippen molar-refractivity contribution in [3.05, 3.63) is 52.8 Å².